The first kappa shape index (κ1) is 77.9. The van der Waals surface area contributed by atoms with Crippen LogP contribution in [0.15, 0.2) is 12.2 Å². The van der Waals surface area contributed by atoms with E-state index >= 15 is 9.59 Å². The van der Waals surface area contributed by atoms with Gasteiger partial charge in [-0.05, 0) is 100 Å². The Labute approximate surface area is 515 Å². The zero-order chi connectivity index (χ0) is 66.8. The van der Waals surface area contributed by atoms with Crippen molar-refractivity contribution in [2.45, 2.75) is 223 Å². The molecule has 5 N–H and O–H groups in total. The van der Waals surface area contributed by atoms with Crippen molar-refractivity contribution < 1.29 is 57.8 Å². The van der Waals surface area contributed by atoms with Crippen molar-refractivity contribution in [1.82, 2.24) is 55.6 Å². The zero-order valence-corrected chi connectivity index (χ0v) is 56.9. The standard InChI is InChI=1S/C63H113N11O12/c1-26-27-28-41(16)53(76)52-57(80)67-49(38(10)11)61(84)68(19)33-48(75)69(20)44(29-34(2)3)56(79)66-50(39(12)13)62(85)70(21)45(30-35(4)5)55(78)64-42(17)54(77)65-43(18)58(81)71(22)46(31-36(6)7)59(82)72(23)47(32-37(8)9)60(83)73(24)51(40(14)15)63(86)74(52)25/h26-27,34-47,49-53,76H,28-33H2,1-25H3,(H,64,78)(H,65,77)(H,66,79)(H,67,80). The molecule has 0 spiro atoms. The van der Waals surface area contributed by atoms with E-state index in [1.807, 2.05) is 61.5 Å². The summed E-state index contributed by atoms with van der Waals surface area (Å²) in [6, 6.07) is -12.4. The summed E-state index contributed by atoms with van der Waals surface area (Å²) < 4.78 is 0. The summed E-state index contributed by atoms with van der Waals surface area (Å²) in [7, 11) is 9.93. The highest BCUT2D eigenvalue weighted by Gasteiger charge is 2.46. The van der Waals surface area contributed by atoms with Crippen molar-refractivity contribution in [2.75, 3.05) is 55.9 Å². The van der Waals surface area contributed by atoms with E-state index in [-0.39, 0.29) is 49.4 Å². The first-order valence-electron chi connectivity index (χ1n) is 30.9. The number of carbonyl (C=O) groups is 11. The van der Waals surface area contributed by atoms with E-state index in [1.54, 1.807) is 61.5 Å². The Morgan fingerprint density at radius 3 is 1.23 bits per heavy atom. The average molecular weight is 1220 g/mol. The van der Waals surface area contributed by atoms with E-state index in [0.717, 1.165) is 9.80 Å². The number of hydrogen-bond donors (Lipinski definition) is 5. The summed E-state index contributed by atoms with van der Waals surface area (Å²) in [4.78, 5) is 169. The minimum absolute atomic E-state index is 0.131. The fourth-order valence-electron chi connectivity index (χ4n) is 10.8. The lowest BCUT2D eigenvalue weighted by molar-refractivity contribution is -0.157. The SMILES string of the molecule is CC=CCC(C)C(O)C1C(=O)NC(C(C)C)C(=O)N(C)CC(=O)N(C)C(CC(C)C)C(=O)NC(C(C)C)C(=O)N(C)C(CC(C)C)C(=O)NC(C)C(=O)NC(C)C(=O)N(C)C(CC(C)C)C(=O)N(C)C(CC(C)C)C(=O)N(C)C(C(C)C)C(=O)N1C. The van der Waals surface area contributed by atoms with Crippen LogP contribution in [0.4, 0.5) is 0 Å². The number of nitrogens with zero attached hydrogens (tertiary/aromatic N) is 7. The molecule has 1 rings (SSSR count). The second-order valence-corrected chi connectivity index (χ2v) is 26.9. The summed E-state index contributed by atoms with van der Waals surface area (Å²) >= 11 is 0. The highest BCUT2D eigenvalue weighted by atomic mass is 16.3. The maximum absolute atomic E-state index is 15.2. The highest BCUT2D eigenvalue weighted by molar-refractivity contribution is 5.99. The second-order valence-electron chi connectivity index (χ2n) is 26.9. The molecule has 12 unspecified atom stereocenters. The number of aliphatic hydroxyl groups excluding tert-OH is 1. The van der Waals surface area contributed by atoms with Crippen LogP contribution in [0.3, 0.4) is 0 Å². The number of amides is 11. The van der Waals surface area contributed by atoms with Gasteiger partial charge >= 0.3 is 0 Å². The van der Waals surface area contributed by atoms with Crippen molar-refractivity contribution in [3.63, 3.8) is 0 Å². The molecular formula is C63H113N11O12. The number of allylic oxidation sites excluding steroid dienone is 2. The number of rotatable bonds is 15. The number of hydrogen-bond acceptors (Lipinski definition) is 12. The monoisotopic (exact) mass is 1220 g/mol. The second kappa shape index (κ2) is 35.0. The molecule has 0 aliphatic carbocycles. The number of aliphatic hydroxyl groups is 1. The lowest BCUT2D eigenvalue weighted by Gasteiger charge is -2.41. The molecule has 0 aromatic rings. The van der Waals surface area contributed by atoms with Gasteiger partial charge in [0.15, 0.2) is 0 Å². The summed E-state index contributed by atoms with van der Waals surface area (Å²) in [5.41, 5.74) is 0. The Bertz CT molecular complexity index is 2360. The normalized spacial score (nSPS) is 26.8. The van der Waals surface area contributed by atoms with Gasteiger partial charge < -0.3 is 60.7 Å². The maximum Gasteiger partial charge on any atom is 0.246 e. The first-order valence-corrected chi connectivity index (χ1v) is 30.9. The summed E-state index contributed by atoms with van der Waals surface area (Å²) in [5.74, 6) is -10.3. The quantitative estimate of drug-likeness (QED) is 0.147. The van der Waals surface area contributed by atoms with Gasteiger partial charge in [0.05, 0.1) is 12.6 Å². The fraction of sp³-hybridized carbons (Fsp3) is 0.794. The Hall–Kier alpha value is -6.13. The van der Waals surface area contributed by atoms with Gasteiger partial charge in [-0.15, -0.1) is 0 Å². The Morgan fingerprint density at radius 2 is 0.791 bits per heavy atom. The molecule has 12 atom stereocenters. The lowest BCUT2D eigenvalue weighted by atomic mass is 9.91. The van der Waals surface area contributed by atoms with Gasteiger partial charge in [0.2, 0.25) is 65.0 Å². The van der Waals surface area contributed by atoms with Crippen molar-refractivity contribution in [2.24, 2.45) is 47.3 Å². The van der Waals surface area contributed by atoms with Gasteiger partial charge in [-0.25, -0.2) is 0 Å². The van der Waals surface area contributed by atoms with Gasteiger partial charge in [-0.2, -0.15) is 0 Å². The molecule has 23 heteroatoms. The third-order valence-corrected chi connectivity index (χ3v) is 16.3. The average Bonchev–Trinajstić information content (AvgIpc) is 2.16. The number of nitrogens with one attached hydrogen (secondary N) is 4. The van der Waals surface area contributed by atoms with Crippen molar-refractivity contribution in [3.8, 4) is 0 Å². The number of carbonyl (C=O) groups excluding carboxylic acids is 11. The van der Waals surface area contributed by atoms with Crippen LogP contribution in [0.5, 0.6) is 0 Å². The fourth-order valence-corrected chi connectivity index (χ4v) is 10.8. The summed E-state index contributed by atoms with van der Waals surface area (Å²) in [5, 5.41) is 23.2. The van der Waals surface area contributed by atoms with Gasteiger partial charge in [-0.3, -0.25) is 52.7 Å². The van der Waals surface area contributed by atoms with Gasteiger partial charge in [0, 0.05) is 49.3 Å². The van der Waals surface area contributed by atoms with Crippen LogP contribution in [0.25, 0.3) is 0 Å². The first-order chi connectivity index (χ1) is 39.6. The minimum atomic E-state index is -1.62. The molecule has 1 saturated heterocycles. The predicted molar refractivity (Wildman–Crippen MR) is 333 cm³/mol. The van der Waals surface area contributed by atoms with Crippen LogP contribution < -0.4 is 21.3 Å². The zero-order valence-electron chi connectivity index (χ0n) is 56.9. The van der Waals surface area contributed by atoms with Crippen LogP contribution in [-0.4, -0.2) is 227 Å². The third-order valence-electron chi connectivity index (χ3n) is 16.3. The summed E-state index contributed by atoms with van der Waals surface area (Å²) in [6.45, 7) is 31.1. The molecule has 1 aliphatic heterocycles. The molecule has 23 nitrogen and oxygen atoms in total. The van der Waals surface area contributed by atoms with E-state index in [9.17, 15) is 48.3 Å². The third kappa shape index (κ3) is 21.6. The molecule has 11 amide bonds. The van der Waals surface area contributed by atoms with Crippen LogP contribution in [0.2, 0.25) is 0 Å². The van der Waals surface area contributed by atoms with Crippen molar-refractivity contribution >= 4 is 65.0 Å². The molecule has 0 aromatic carbocycles. The number of likely N-dealkylation sites (N-methyl/N-ethyl adjacent to an activating group) is 7. The van der Waals surface area contributed by atoms with E-state index in [2.05, 4.69) is 21.3 Å². The molecule has 0 saturated carbocycles. The Morgan fingerprint density at radius 1 is 0.419 bits per heavy atom. The smallest absolute Gasteiger partial charge is 0.246 e. The molecule has 0 bridgehead atoms. The van der Waals surface area contributed by atoms with E-state index < -0.39 is 162 Å². The molecule has 86 heavy (non-hydrogen) atoms. The Kier molecular flexibility index (Phi) is 31.7. The molecule has 1 aliphatic rings. The van der Waals surface area contributed by atoms with Gasteiger partial charge in [0.25, 0.3) is 0 Å². The van der Waals surface area contributed by atoms with Crippen LogP contribution >= 0.6 is 0 Å². The van der Waals surface area contributed by atoms with Crippen molar-refractivity contribution in [1.29, 1.82) is 0 Å². The molecular weight excluding hydrogens is 1100 g/mol. The van der Waals surface area contributed by atoms with Gasteiger partial charge in [-0.1, -0.05) is 116 Å². The van der Waals surface area contributed by atoms with Crippen LogP contribution in [0.1, 0.15) is 157 Å². The van der Waals surface area contributed by atoms with Crippen LogP contribution in [-0.2, 0) is 52.7 Å². The predicted octanol–water partition coefficient (Wildman–Crippen LogP) is 3.52. The largest absolute Gasteiger partial charge is 0.390 e. The molecule has 1 heterocycles. The Balaban J connectivity index is 4.37. The maximum atomic E-state index is 15.2. The molecule has 492 valence electrons. The minimum Gasteiger partial charge on any atom is -0.390 e. The molecule has 0 aromatic heterocycles. The lowest BCUT2D eigenvalue weighted by Crippen LogP contribution is -2.64. The molecule has 0 radical (unpaired) electrons. The topological polar surface area (TPSA) is 279 Å². The summed E-state index contributed by atoms with van der Waals surface area (Å²) in [6.07, 6.45) is 3.00. The highest BCUT2D eigenvalue weighted by Crippen LogP contribution is 2.26. The van der Waals surface area contributed by atoms with E-state index in [4.69, 9.17) is 0 Å². The van der Waals surface area contributed by atoms with Crippen molar-refractivity contribution in [3.05, 3.63) is 12.2 Å². The van der Waals surface area contributed by atoms with Gasteiger partial charge in [0.1, 0.15) is 60.4 Å². The van der Waals surface area contributed by atoms with E-state index in [1.165, 1.54) is 87.7 Å². The molecule has 1 fully saturated rings. The van der Waals surface area contributed by atoms with E-state index in [0.29, 0.717) is 6.42 Å². The van der Waals surface area contributed by atoms with Crippen LogP contribution in [0, 0.1) is 47.3 Å².